The lowest BCUT2D eigenvalue weighted by molar-refractivity contribution is 0.328. The highest BCUT2D eigenvalue weighted by molar-refractivity contribution is 5.67. The standard InChI is InChI=1S/C14H18N4O/c1-3-19-14-11(5-4-6-16-14)13-12-9-15-7-8-18(12)10(2)17-13/h4-6,15H,3,7-9H2,1-2H3. The molecule has 0 atom stereocenters. The van der Waals surface area contributed by atoms with E-state index in [-0.39, 0.29) is 0 Å². The van der Waals surface area contributed by atoms with Crippen LogP contribution in [0.1, 0.15) is 18.4 Å². The van der Waals surface area contributed by atoms with E-state index in [1.807, 2.05) is 19.1 Å². The van der Waals surface area contributed by atoms with Crippen molar-refractivity contribution in [2.45, 2.75) is 26.9 Å². The van der Waals surface area contributed by atoms with Crippen LogP contribution in [0.5, 0.6) is 5.88 Å². The summed E-state index contributed by atoms with van der Waals surface area (Å²) in [5, 5.41) is 3.39. The third kappa shape index (κ3) is 2.10. The molecule has 1 aliphatic rings. The van der Waals surface area contributed by atoms with Crippen molar-refractivity contribution in [2.75, 3.05) is 13.2 Å². The van der Waals surface area contributed by atoms with Crippen LogP contribution in [-0.4, -0.2) is 27.7 Å². The quantitative estimate of drug-likeness (QED) is 0.911. The third-order valence-electron chi connectivity index (χ3n) is 3.38. The number of rotatable bonds is 3. The van der Waals surface area contributed by atoms with E-state index in [9.17, 15) is 0 Å². The van der Waals surface area contributed by atoms with Gasteiger partial charge in [0, 0.05) is 25.8 Å². The molecular weight excluding hydrogens is 240 g/mol. The second-order valence-electron chi connectivity index (χ2n) is 4.57. The minimum atomic E-state index is 0.608. The molecule has 0 unspecified atom stereocenters. The Labute approximate surface area is 112 Å². The van der Waals surface area contributed by atoms with Crippen molar-refractivity contribution in [3.05, 3.63) is 29.8 Å². The SMILES string of the molecule is CCOc1ncccc1-c1nc(C)n2c1CNCC2. The topological polar surface area (TPSA) is 52.0 Å². The number of hydrogen-bond donors (Lipinski definition) is 1. The molecule has 1 N–H and O–H groups in total. The maximum Gasteiger partial charge on any atom is 0.222 e. The van der Waals surface area contributed by atoms with E-state index < -0.39 is 0 Å². The fraction of sp³-hybridized carbons (Fsp3) is 0.429. The van der Waals surface area contributed by atoms with Gasteiger partial charge in [0.1, 0.15) is 5.82 Å². The van der Waals surface area contributed by atoms with E-state index in [2.05, 4.69) is 21.8 Å². The Kier molecular flexibility index (Phi) is 3.21. The van der Waals surface area contributed by atoms with Gasteiger partial charge in [-0.1, -0.05) is 0 Å². The van der Waals surface area contributed by atoms with Gasteiger partial charge in [0.2, 0.25) is 5.88 Å². The van der Waals surface area contributed by atoms with E-state index in [4.69, 9.17) is 9.72 Å². The molecule has 5 heteroatoms. The highest BCUT2D eigenvalue weighted by Gasteiger charge is 2.21. The van der Waals surface area contributed by atoms with Gasteiger partial charge in [-0.2, -0.15) is 0 Å². The minimum Gasteiger partial charge on any atom is -0.477 e. The molecule has 0 aliphatic carbocycles. The summed E-state index contributed by atoms with van der Waals surface area (Å²) in [6, 6.07) is 3.95. The largest absolute Gasteiger partial charge is 0.477 e. The number of imidazole rings is 1. The van der Waals surface area contributed by atoms with E-state index in [0.717, 1.165) is 36.7 Å². The molecule has 0 aromatic carbocycles. The molecule has 1 aliphatic heterocycles. The number of pyridine rings is 1. The van der Waals surface area contributed by atoms with Gasteiger partial charge in [-0.05, 0) is 26.0 Å². The maximum absolute atomic E-state index is 5.61. The molecule has 0 saturated carbocycles. The fourth-order valence-corrected chi connectivity index (χ4v) is 2.52. The van der Waals surface area contributed by atoms with Crippen LogP contribution >= 0.6 is 0 Å². The zero-order valence-corrected chi connectivity index (χ0v) is 11.3. The third-order valence-corrected chi connectivity index (χ3v) is 3.38. The number of hydrogen-bond acceptors (Lipinski definition) is 4. The van der Waals surface area contributed by atoms with Crippen LogP contribution in [0.15, 0.2) is 18.3 Å². The summed E-state index contributed by atoms with van der Waals surface area (Å²) in [4.78, 5) is 9.02. The van der Waals surface area contributed by atoms with E-state index in [0.29, 0.717) is 12.5 Å². The van der Waals surface area contributed by atoms with Gasteiger partial charge >= 0.3 is 0 Å². The molecule has 2 aromatic heterocycles. The van der Waals surface area contributed by atoms with Gasteiger partial charge in [0.15, 0.2) is 0 Å². The predicted molar refractivity (Wildman–Crippen MR) is 73.1 cm³/mol. The predicted octanol–water partition coefficient (Wildman–Crippen LogP) is 1.76. The monoisotopic (exact) mass is 258 g/mol. The molecule has 0 bridgehead atoms. The maximum atomic E-state index is 5.61. The molecule has 5 nitrogen and oxygen atoms in total. The van der Waals surface area contributed by atoms with Crippen molar-refractivity contribution in [3.8, 4) is 17.1 Å². The first-order valence-corrected chi connectivity index (χ1v) is 6.66. The Morgan fingerprint density at radius 1 is 1.47 bits per heavy atom. The lowest BCUT2D eigenvalue weighted by Crippen LogP contribution is -2.28. The van der Waals surface area contributed by atoms with Gasteiger partial charge in [-0.15, -0.1) is 0 Å². The Balaban J connectivity index is 2.12. The van der Waals surface area contributed by atoms with Crippen molar-refractivity contribution in [3.63, 3.8) is 0 Å². The first-order valence-electron chi connectivity index (χ1n) is 6.66. The summed E-state index contributed by atoms with van der Waals surface area (Å²) < 4.78 is 7.88. The summed E-state index contributed by atoms with van der Waals surface area (Å²) >= 11 is 0. The second-order valence-corrected chi connectivity index (χ2v) is 4.57. The highest BCUT2D eigenvalue weighted by atomic mass is 16.5. The summed E-state index contributed by atoms with van der Waals surface area (Å²) in [6.45, 7) is 7.43. The number of ether oxygens (including phenoxy) is 1. The van der Waals surface area contributed by atoms with Crippen LogP contribution in [0.25, 0.3) is 11.3 Å². The molecule has 3 rings (SSSR count). The fourth-order valence-electron chi connectivity index (χ4n) is 2.52. The van der Waals surface area contributed by atoms with Gasteiger partial charge in [-0.25, -0.2) is 9.97 Å². The number of aryl methyl sites for hydroxylation is 1. The van der Waals surface area contributed by atoms with Crippen LogP contribution in [0.2, 0.25) is 0 Å². The average molecular weight is 258 g/mol. The Morgan fingerprint density at radius 3 is 3.21 bits per heavy atom. The average Bonchev–Trinajstić information content (AvgIpc) is 2.78. The number of nitrogens with one attached hydrogen (secondary N) is 1. The van der Waals surface area contributed by atoms with Gasteiger partial charge in [-0.3, -0.25) is 0 Å². The lowest BCUT2D eigenvalue weighted by atomic mass is 10.1. The van der Waals surface area contributed by atoms with E-state index in [1.165, 1.54) is 5.69 Å². The highest BCUT2D eigenvalue weighted by Crippen LogP contribution is 2.31. The van der Waals surface area contributed by atoms with Crippen molar-refractivity contribution in [2.24, 2.45) is 0 Å². The van der Waals surface area contributed by atoms with Crippen LogP contribution in [0, 0.1) is 6.92 Å². The molecule has 19 heavy (non-hydrogen) atoms. The summed E-state index contributed by atoms with van der Waals surface area (Å²) in [5.41, 5.74) is 3.18. The van der Waals surface area contributed by atoms with Gasteiger partial charge in [0.05, 0.1) is 23.6 Å². The molecule has 0 saturated heterocycles. The van der Waals surface area contributed by atoms with E-state index in [1.54, 1.807) is 6.20 Å². The normalized spacial score (nSPS) is 14.2. The Morgan fingerprint density at radius 2 is 2.37 bits per heavy atom. The molecule has 0 fully saturated rings. The first-order chi connectivity index (χ1) is 9.31. The second kappa shape index (κ2) is 5.01. The number of aromatic nitrogens is 3. The van der Waals surface area contributed by atoms with Crippen LogP contribution in [-0.2, 0) is 13.1 Å². The molecule has 100 valence electrons. The van der Waals surface area contributed by atoms with Crippen LogP contribution < -0.4 is 10.1 Å². The van der Waals surface area contributed by atoms with Crippen LogP contribution in [0.4, 0.5) is 0 Å². The first kappa shape index (κ1) is 12.2. The Hall–Kier alpha value is -1.88. The van der Waals surface area contributed by atoms with E-state index >= 15 is 0 Å². The number of nitrogens with zero attached hydrogens (tertiary/aromatic N) is 3. The number of fused-ring (bicyclic) bond motifs is 1. The summed E-state index contributed by atoms with van der Waals surface area (Å²) in [7, 11) is 0. The zero-order valence-electron chi connectivity index (χ0n) is 11.3. The van der Waals surface area contributed by atoms with Gasteiger partial charge in [0.25, 0.3) is 0 Å². The summed E-state index contributed by atoms with van der Waals surface area (Å²) in [5.74, 6) is 1.72. The molecule has 0 radical (unpaired) electrons. The summed E-state index contributed by atoms with van der Waals surface area (Å²) in [6.07, 6.45) is 1.75. The van der Waals surface area contributed by atoms with Crippen molar-refractivity contribution in [1.29, 1.82) is 0 Å². The smallest absolute Gasteiger partial charge is 0.222 e. The zero-order chi connectivity index (χ0) is 13.2. The Bertz CT molecular complexity index is 591. The van der Waals surface area contributed by atoms with Crippen molar-refractivity contribution in [1.82, 2.24) is 19.9 Å². The van der Waals surface area contributed by atoms with Gasteiger partial charge < -0.3 is 14.6 Å². The molecule has 0 amide bonds. The molecular formula is C14H18N4O. The molecule has 0 spiro atoms. The molecule has 2 aromatic rings. The van der Waals surface area contributed by atoms with Crippen molar-refractivity contribution < 1.29 is 4.74 Å². The minimum absolute atomic E-state index is 0.608. The lowest BCUT2D eigenvalue weighted by Gasteiger charge is -2.18. The van der Waals surface area contributed by atoms with Crippen LogP contribution in [0.3, 0.4) is 0 Å². The molecule has 3 heterocycles. The van der Waals surface area contributed by atoms with Crippen molar-refractivity contribution >= 4 is 0 Å².